The Kier molecular flexibility index (Phi) is 24.2. The third kappa shape index (κ3) is 17.3. The largest absolute Gasteiger partial charge is 0.479 e. The van der Waals surface area contributed by atoms with Crippen molar-refractivity contribution in [2.24, 2.45) is 0 Å². The van der Waals surface area contributed by atoms with Crippen LogP contribution in [0, 0.1) is 0 Å². The predicted octanol–water partition coefficient (Wildman–Crippen LogP) is -6.37. The Bertz CT molecular complexity index is 498. The summed E-state index contributed by atoms with van der Waals surface area (Å²) in [6, 6.07) is 0. The van der Waals surface area contributed by atoms with Crippen molar-refractivity contribution in [1.82, 2.24) is 0 Å². The van der Waals surface area contributed by atoms with Crippen LogP contribution in [0.3, 0.4) is 0 Å². The zero-order valence-corrected chi connectivity index (χ0v) is 17.2. The molecule has 0 aliphatic rings. The van der Waals surface area contributed by atoms with Gasteiger partial charge >= 0.3 is 35.8 Å². The van der Waals surface area contributed by atoms with Gasteiger partial charge in [0.2, 0.25) is 0 Å². The average molecular weight is 562 g/mol. The summed E-state index contributed by atoms with van der Waals surface area (Å²) in [5.41, 5.74) is 0. The number of carbonyl (C=O) groups is 6. The van der Waals surface area contributed by atoms with Gasteiger partial charge in [0.15, 0.2) is 36.6 Å². The van der Waals surface area contributed by atoms with Crippen LogP contribution in [0.25, 0.3) is 0 Å². The van der Waals surface area contributed by atoms with E-state index in [0.717, 1.165) is 0 Å². The van der Waals surface area contributed by atoms with Gasteiger partial charge in [-0.2, -0.15) is 0 Å². The molecule has 6 atom stereocenters. The summed E-state index contributed by atoms with van der Waals surface area (Å²) in [4.78, 5) is 58.6. The van der Waals surface area contributed by atoms with E-state index in [4.69, 9.17) is 61.3 Å². The quantitative estimate of drug-likeness (QED) is 0.116. The monoisotopic (exact) mass is 562 g/mol. The Morgan fingerprint density at radius 2 is 0.375 bits per heavy atom. The van der Waals surface area contributed by atoms with Crippen molar-refractivity contribution in [2.75, 3.05) is 0 Å². The number of hydrogen-bond acceptors (Lipinski definition) is 12. The molecule has 6 unspecified atom stereocenters. The van der Waals surface area contributed by atoms with E-state index in [1.807, 2.05) is 0 Å². The van der Waals surface area contributed by atoms with E-state index in [1.165, 1.54) is 0 Å². The second-order valence-corrected chi connectivity index (χ2v) is 4.70. The Balaban J connectivity index is -0.000000110. The van der Waals surface area contributed by atoms with Crippen molar-refractivity contribution in [3.63, 3.8) is 0 Å². The van der Waals surface area contributed by atoms with Gasteiger partial charge in [0.05, 0.1) is 0 Å². The molecule has 190 valence electrons. The summed E-state index contributed by atoms with van der Waals surface area (Å²) in [5.74, 6) is -10.6. The van der Waals surface area contributed by atoms with Gasteiger partial charge in [-0.15, -0.1) is 0 Å². The molecule has 0 spiro atoms. The van der Waals surface area contributed by atoms with Crippen molar-refractivity contribution < 1.29 is 124 Å². The summed E-state index contributed by atoms with van der Waals surface area (Å²) in [5, 5.41) is 97.6. The summed E-state index contributed by atoms with van der Waals surface area (Å²) < 4.78 is 0. The van der Waals surface area contributed by atoms with E-state index >= 15 is 0 Å². The molecule has 32 heavy (non-hydrogen) atoms. The number of aliphatic hydroxyl groups is 6. The van der Waals surface area contributed by atoms with Crippen molar-refractivity contribution in [2.45, 2.75) is 36.6 Å². The van der Waals surface area contributed by atoms with Gasteiger partial charge in [0, 0.05) is 34.1 Å². The fourth-order valence-electron chi connectivity index (χ4n) is 0.810. The van der Waals surface area contributed by atoms with E-state index < -0.39 is 72.4 Å². The molecule has 0 aromatic carbocycles. The third-order valence-electron chi connectivity index (χ3n) is 2.42. The van der Waals surface area contributed by atoms with Crippen LogP contribution in [0.4, 0.5) is 0 Å². The van der Waals surface area contributed by atoms with E-state index in [9.17, 15) is 28.8 Å². The van der Waals surface area contributed by atoms with Crippen LogP contribution >= 0.6 is 0 Å². The van der Waals surface area contributed by atoms with E-state index in [-0.39, 0.29) is 34.1 Å². The number of hydrogen-bond donors (Lipinski definition) is 12. The Labute approximate surface area is 196 Å². The molecule has 12 N–H and O–H groups in total. The number of aliphatic carboxylic acids is 6. The van der Waals surface area contributed by atoms with E-state index in [0.29, 0.717) is 0 Å². The number of carboxylic acid groups (broad SMARTS) is 6. The molecule has 0 rings (SSSR count). The number of aliphatic hydroxyl groups excluding tert-OH is 6. The maximum absolute atomic E-state index is 9.77. The van der Waals surface area contributed by atoms with E-state index in [1.54, 1.807) is 0 Å². The molecule has 18 nitrogen and oxygen atoms in total. The first kappa shape index (κ1) is 40.0. The maximum atomic E-state index is 9.77. The predicted molar refractivity (Wildman–Crippen MR) is 81.9 cm³/mol. The fraction of sp³-hybridized carbons (Fsp3) is 0.500. The van der Waals surface area contributed by atoms with Gasteiger partial charge in [0.25, 0.3) is 0 Å². The van der Waals surface area contributed by atoms with Crippen molar-refractivity contribution in [3.8, 4) is 0 Å². The third-order valence-corrected chi connectivity index (χ3v) is 2.42. The zero-order chi connectivity index (χ0) is 24.9. The molecule has 0 fully saturated rings. The molecule has 0 aromatic rings. The molecule has 0 bridgehead atoms. The fourth-order valence-corrected chi connectivity index (χ4v) is 0.810. The van der Waals surface area contributed by atoms with E-state index in [2.05, 4.69) is 0 Å². The van der Waals surface area contributed by atoms with Crippen LogP contribution in [0.5, 0.6) is 0 Å². The maximum Gasteiger partial charge on any atom is 0.335 e. The van der Waals surface area contributed by atoms with Gasteiger partial charge in [0.1, 0.15) is 0 Å². The second-order valence-electron chi connectivity index (χ2n) is 4.70. The first-order chi connectivity index (χ1) is 13.4. The molecule has 0 aliphatic heterocycles. The van der Waals surface area contributed by atoms with Crippen molar-refractivity contribution in [3.05, 3.63) is 0 Å². The minimum atomic E-state index is -2.27. The average Bonchev–Trinajstić information content (AvgIpc) is 2.64. The Hall–Kier alpha value is -2.38. The molecular formula is C12H18Fe2O18. The van der Waals surface area contributed by atoms with Gasteiger partial charge < -0.3 is 61.3 Å². The normalized spacial score (nSPS) is 14.8. The Morgan fingerprint density at radius 3 is 0.406 bits per heavy atom. The SMILES string of the molecule is O=C(O)C(O)C(O)C(=O)O.O=C(O)C(O)C(O)C(=O)O.O=C(O)C(O)C(O)C(=O)O.[Fe].[Fe]. The molecule has 0 aliphatic carbocycles. The molecule has 0 heterocycles. The molecule has 0 radical (unpaired) electrons. The minimum Gasteiger partial charge on any atom is -0.479 e. The first-order valence-electron chi connectivity index (χ1n) is 6.85. The molecular weight excluding hydrogens is 544 g/mol. The summed E-state index contributed by atoms with van der Waals surface area (Å²) in [6.07, 6.45) is -13.6. The van der Waals surface area contributed by atoms with Gasteiger partial charge in [-0.25, -0.2) is 28.8 Å². The second kappa shape index (κ2) is 19.3. The topological polar surface area (TPSA) is 345 Å². The van der Waals surface area contributed by atoms with Crippen LogP contribution in [0.15, 0.2) is 0 Å². The standard InChI is InChI=1S/3C4H6O6.2Fe/c3*5-1(3(7)8)2(6)4(9)10;;/h3*1-2,5-6H,(H,7,8)(H,9,10);;. The minimum absolute atomic E-state index is 0. The zero-order valence-electron chi connectivity index (χ0n) is 15.0. The summed E-state index contributed by atoms with van der Waals surface area (Å²) >= 11 is 0. The smallest absolute Gasteiger partial charge is 0.335 e. The number of rotatable bonds is 9. The van der Waals surface area contributed by atoms with Gasteiger partial charge in [-0.3, -0.25) is 0 Å². The van der Waals surface area contributed by atoms with Gasteiger partial charge in [-0.05, 0) is 0 Å². The van der Waals surface area contributed by atoms with Crippen molar-refractivity contribution in [1.29, 1.82) is 0 Å². The summed E-state index contributed by atoms with van der Waals surface area (Å²) in [6.45, 7) is 0. The first-order valence-corrected chi connectivity index (χ1v) is 6.85. The van der Waals surface area contributed by atoms with Crippen LogP contribution in [-0.2, 0) is 62.9 Å². The van der Waals surface area contributed by atoms with Gasteiger partial charge in [-0.1, -0.05) is 0 Å². The van der Waals surface area contributed by atoms with Crippen LogP contribution < -0.4 is 0 Å². The van der Waals surface area contributed by atoms with Crippen molar-refractivity contribution >= 4 is 35.8 Å². The molecule has 0 saturated carbocycles. The molecule has 0 saturated heterocycles. The summed E-state index contributed by atoms with van der Waals surface area (Å²) in [7, 11) is 0. The number of carboxylic acids is 6. The molecule has 20 heteroatoms. The molecule has 0 amide bonds. The van der Waals surface area contributed by atoms with Crippen LogP contribution in [0.1, 0.15) is 0 Å². The van der Waals surface area contributed by atoms with Crippen LogP contribution in [0.2, 0.25) is 0 Å². The Morgan fingerprint density at radius 1 is 0.312 bits per heavy atom. The molecule has 0 aromatic heterocycles. The van der Waals surface area contributed by atoms with Crippen LogP contribution in [-0.4, -0.2) is 134 Å².